The normalized spacial score (nSPS) is 21.9. The number of aromatic nitrogens is 2. The van der Waals surface area contributed by atoms with Gasteiger partial charge in [0.25, 0.3) is 5.91 Å². The van der Waals surface area contributed by atoms with Crippen molar-refractivity contribution >= 4 is 11.8 Å². The number of rotatable bonds is 6. The van der Waals surface area contributed by atoms with Crippen LogP contribution in [0, 0.1) is 5.92 Å². The van der Waals surface area contributed by atoms with Crippen LogP contribution >= 0.6 is 0 Å². The van der Waals surface area contributed by atoms with Crippen molar-refractivity contribution in [2.45, 2.75) is 31.4 Å². The second-order valence-electron chi connectivity index (χ2n) is 7.19. The zero-order valence-electron chi connectivity index (χ0n) is 15.8. The highest BCUT2D eigenvalue weighted by atomic mass is 16.3. The van der Waals surface area contributed by atoms with Crippen molar-refractivity contribution in [2.24, 2.45) is 5.92 Å². The fourth-order valence-corrected chi connectivity index (χ4v) is 3.58. The molecule has 1 aromatic heterocycles. The van der Waals surface area contributed by atoms with Crippen molar-refractivity contribution < 1.29 is 19.8 Å². The van der Waals surface area contributed by atoms with E-state index in [0.29, 0.717) is 24.8 Å². The predicted molar refractivity (Wildman–Crippen MR) is 103 cm³/mol. The van der Waals surface area contributed by atoms with E-state index in [9.17, 15) is 14.7 Å². The number of amides is 2. The average Bonchev–Trinajstić information content (AvgIpc) is 3.24. The van der Waals surface area contributed by atoms with Crippen LogP contribution in [0.5, 0.6) is 0 Å². The Morgan fingerprint density at radius 3 is 2.61 bits per heavy atom. The molecule has 1 fully saturated rings. The van der Waals surface area contributed by atoms with Crippen LogP contribution in [0.2, 0.25) is 0 Å². The lowest BCUT2D eigenvalue weighted by molar-refractivity contribution is -0.137. The molecule has 3 atom stereocenters. The number of nitrogens with one attached hydrogen (secondary N) is 2. The number of hydrogen-bond acceptors (Lipinski definition) is 5. The molecule has 0 aliphatic heterocycles. The van der Waals surface area contributed by atoms with Crippen molar-refractivity contribution in [1.82, 2.24) is 20.4 Å². The first-order valence-electron chi connectivity index (χ1n) is 9.44. The van der Waals surface area contributed by atoms with E-state index in [1.807, 2.05) is 18.2 Å². The highest BCUT2D eigenvalue weighted by molar-refractivity contribution is 5.94. The van der Waals surface area contributed by atoms with Gasteiger partial charge in [0.05, 0.1) is 24.4 Å². The first-order valence-corrected chi connectivity index (χ1v) is 9.44. The van der Waals surface area contributed by atoms with E-state index in [1.54, 1.807) is 25.4 Å². The highest BCUT2D eigenvalue weighted by Gasteiger charge is 2.34. The molecule has 28 heavy (non-hydrogen) atoms. The maximum atomic E-state index is 12.5. The summed E-state index contributed by atoms with van der Waals surface area (Å²) in [5.41, 5.74) is 2.31. The van der Waals surface area contributed by atoms with Crippen LogP contribution in [-0.4, -0.2) is 69.5 Å². The summed E-state index contributed by atoms with van der Waals surface area (Å²) in [4.78, 5) is 26.3. The van der Waals surface area contributed by atoms with Crippen LogP contribution in [0.25, 0.3) is 11.3 Å². The molecule has 0 bridgehead atoms. The molecule has 1 aromatic carbocycles. The Morgan fingerprint density at radius 1 is 1.25 bits per heavy atom. The van der Waals surface area contributed by atoms with Gasteiger partial charge in [0.15, 0.2) is 0 Å². The van der Waals surface area contributed by atoms with Gasteiger partial charge < -0.3 is 20.4 Å². The standard InChI is InChI=1S/C20H26N4O4/c1-24(10-11-25)20(28)15-6-7-17(18(26)12-15)22-19(27)14-4-2-13(3-5-14)16-8-9-21-23-16/h2-5,8-9,15,17-18,25-26H,6-7,10-12H2,1H3,(H,21,23)(H,22,27)/t15-,17-,18-/m0/s1. The van der Waals surface area contributed by atoms with Crippen LogP contribution < -0.4 is 5.32 Å². The van der Waals surface area contributed by atoms with Crippen LogP contribution in [0.3, 0.4) is 0 Å². The molecule has 0 radical (unpaired) electrons. The van der Waals surface area contributed by atoms with Crippen molar-refractivity contribution in [1.29, 1.82) is 0 Å². The summed E-state index contributed by atoms with van der Waals surface area (Å²) in [5, 5.41) is 29.0. The Kier molecular flexibility index (Phi) is 6.43. The minimum Gasteiger partial charge on any atom is -0.395 e. The third-order valence-electron chi connectivity index (χ3n) is 5.25. The number of aromatic amines is 1. The molecule has 1 aliphatic carbocycles. The van der Waals surface area contributed by atoms with E-state index in [-0.39, 0.29) is 36.9 Å². The second kappa shape index (κ2) is 8.99. The van der Waals surface area contributed by atoms with Gasteiger partial charge in [0, 0.05) is 31.3 Å². The van der Waals surface area contributed by atoms with Crippen LogP contribution in [0.15, 0.2) is 36.5 Å². The number of aliphatic hydroxyl groups is 2. The Labute approximate surface area is 163 Å². The van der Waals surface area contributed by atoms with E-state index in [1.165, 1.54) is 4.90 Å². The van der Waals surface area contributed by atoms with Gasteiger partial charge in [-0.2, -0.15) is 5.10 Å². The van der Waals surface area contributed by atoms with E-state index >= 15 is 0 Å². The first kappa shape index (κ1) is 20.0. The smallest absolute Gasteiger partial charge is 0.251 e. The SMILES string of the molecule is CN(CCO)C(=O)[C@H]1CC[C@H](NC(=O)c2ccc(-c3ccn[nH]3)cc2)[C@@H](O)C1. The summed E-state index contributed by atoms with van der Waals surface area (Å²) in [6, 6.07) is 8.61. The molecule has 0 spiro atoms. The largest absolute Gasteiger partial charge is 0.395 e. The zero-order chi connectivity index (χ0) is 20.1. The average molecular weight is 386 g/mol. The quantitative estimate of drug-likeness (QED) is 0.585. The van der Waals surface area contributed by atoms with E-state index in [4.69, 9.17) is 5.11 Å². The van der Waals surface area contributed by atoms with Gasteiger partial charge in [-0.25, -0.2) is 0 Å². The topological polar surface area (TPSA) is 119 Å². The first-order chi connectivity index (χ1) is 13.5. The molecule has 4 N–H and O–H groups in total. The Bertz CT molecular complexity index is 791. The Balaban J connectivity index is 1.55. The molecule has 2 amide bonds. The molecule has 150 valence electrons. The number of nitrogens with zero attached hydrogens (tertiary/aromatic N) is 2. The molecule has 3 rings (SSSR count). The van der Waals surface area contributed by atoms with E-state index in [0.717, 1.165) is 11.3 Å². The van der Waals surface area contributed by atoms with Crippen LogP contribution in [-0.2, 0) is 4.79 Å². The maximum absolute atomic E-state index is 12.5. The summed E-state index contributed by atoms with van der Waals surface area (Å²) < 4.78 is 0. The molecule has 8 nitrogen and oxygen atoms in total. The third-order valence-corrected chi connectivity index (χ3v) is 5.25. The van der Waals surface area contributed by atoms with Gasteiger partial charge in [0.1, 0.15) is 0 Å². The summed E-state index contributed by atoms with van der Waals surface area (Å²) in [7, 11) is 1.64. The Hall–Kier alpha value is -2.71. The maximum Gasteiger partial charge on any atom is 0.251 e. The van der Waals surface area contributed by atoms with E-state index in [2.05, 4.69) is 15.5 Å². The van der Waals surface area contributed by atoms with Crippen LogP contribution in [0.1, 0.15) is 29.6 Å². The number of H-pyrrole nitrogens is 1. The van der Waals surface area contributed by atoms with Crippen molar-refractivity contribution in [3.8, 4) is 11.3 Å². The molecule has 0 saturated heterocycles. The lowest BCUT2D eigenvalue weighted by Gasteiger charge is -2.34. The fraction of sp³-hybridized carbons (Fsp3) is 0.450. The molecule has 0 unspecified atom stereocenters. The number of carbonyl (C=O) groups excluding carboxylic acids is 2. The number of benzene rings is 1. The predicted octanol–water partition coefficient (Wildman–Crippen LogP) is 0.787. The molecule has 1 aliphatic rings. The molecule has 2 aromatic rings. The van der Waals surface area contributed by atoms with Gasteiger partial charge in [-0.3, -0.25) is 14.7 Å². The highest BCUT2D eigenvalue weighted by Crippen LogP contribution is 2.26. The number of carbonyl (C=O) groups is 2. The molecule has 8 heteroatoms. The summed E-state index contributed by atoms with van der Waals surface area (Å²) in [6.45, 7) is 0.190. The minimum absolute atomic E-state index is 0.0766. The minimum atomic E-state index is -0.779. The second-order valence-corrected chi connectivity index (χ2v) is 7.19. The van der Waals surface area contributed by atoms with Gasteiger partial charge in [0.2, 0.25) is 5.91 Å². The van der Waals surface area contributed by atoms with Crippen LogP contribution in [0.4, 0.5) is 0 Å². The van der Waals surface area contributed by atoms with Crippen molar-refractivity contribution in [3.63, 3.8) is 0 Å². The summed E-state index contributed by atoms with van der Waals surface area (Å²) >= 11 is 0. The third kappa shape index (κ3) is 4.58. The number of aliphatic hydroxyl groups excluding tert-OH is 2. The lowest BCUT2D eigenvalue weighted by atomic mass is 9.83. The fourth-order valence-electron chi connectivity index (χ4n) is 3.58. The van der Waals surface area contributed by atoms with Gasteiger partial charge in [-0.15, -0.1) is 0 Å². The lowest BCUT2D eigenvalue weighted by Crippen LogP contribution is -2.49. The molecule has 1 saturated carbocycles. The monoisotopic (exact) mass is 386 g/mol. The van der Waals surface area contributed by atoms with Gasteiger partial charge in [-0.05, 0) is 43.0 Å². The number of hydrogen-bond donors (Lipinski definition) is 4. The molecule has 1 heterocycles. The zero-order valence-corrected chi connectivity index (χ0v) is 15.8. The molecular formula is C20H26N4O4. The summed E-state index contributed by atoms with van der Waals surface area (Å²) in [5.74, 6) is -0.608. The number of likely N-dealkylation sites (N-methyl/N-ethyl adjacent to an activating group) is 1. The van der Waals surface area contributed by atoms with Gasteiger partial charge in [-0.1, -0.05) is 12.1 Å². The van der Waals surface area contributed by atoms with Crippen molar-refractivity contribution in [2.75, 3.05) is 20.2 Å². The van der Waals surface area contributed by atoms with Crippen molar-refractivity contribution in [3.05, 3.63) is 42.1 Å². The van der Waals surface area contributed by atoms with E-state index < -0.39 is 6.10 Å². The summed E-state index contributed by atoms with van der Waals surface area (Å²) in [6.07, 6.45) is 2.31. The van der Waals surface area contributed by atoms with Gasteiger partial charge >= 0.3 is 0 Å². The Morgan fingerprint density at radius 2 is 2.00 bits per heavy atom. The molecular weight excluding hydrogens is 360 g/mol.